The highest BCUT2D eigenvalue weighted by Crippen LogP contribution is 2.43. The van der Waals surface area contributed by atoms with Crippen LogP contribution in [-0.4, -0.2) is 9.13 Å². The number of benzene rings is 9. The fourth-order valence-electron chi connectivity index (χ4n) is 8.54. The number of hydrogen-bond donors (Lipinski definition) is 0. The van der Waals surface area contributed by atoms with Gasteiger partial charge in [-0.15, -0.1) is 0 Å². The van der Waals surface area contributed by atoms with Crippen molar-refractivity contribution in [3.05, 3.63) is 206 Å². The molecular formula is C52H34N2. The predicted molar refractivity (Wildman–Crippen MR) is 229 cm³/mol. The van der Waals surface area contributed by atoms with Crippen molar-refractivity contribution in [3.63, 3.8) is 0 Å². The third-order valence-electron chi connectivity index (χ3n) is 11.0. The topological polar surface area (TPSA) is 9.86 Å². The molecule has 2 nitrogen and oxygen atoms in total. The van der Waals surface area contributed by atoms with E-state index in [0.717, 1.165) is 11.4 Å². The van der Waals surface area contributed by atoms with Crippen LogP contribution in [0.1, 0.15) is 0 Å². The first kappa shape index (κ1) is 30.5. The zero-order valence-corrected chi connectivity index (χ0v) is 29.5. The molecule has 11 aromatic rings. The Morgan fingerprint density at radius 1 is 0.241 bits per heavy atom. The Morgan fingerprint density at radius 3 is 1.30 bits per heavy atom. The molecule has 0 aliphatic rings. The number of fused-ring (bicyclic) bond motifs is 8. The quantitative estimate of drug-likeness (QED) is 0.171. The molecule has 0 bridgehead atoms. The fraction of sp³-hybridized carbons (Fsp3) is 0. The molecule has 0 N–H and O–H groups in total. The third kappa shape index (κ3) is 4.81. The van der Waals surface area contributed by atoms with Gasteiger partial charge in [-0.05, 0) is 105 Å². The Labute approximate surface area is 313 Å². The van der Waals surface area contributed by atoms with E-state index in [9.17, 15) is 0 Å². The lowest BCUT2D eigenvalue weighted by Crippen LogP contribution is -1.98. The maximum Gasteiger partial charge on any atom is 0.0788 e. The van der Waals surface area contributed by atoms with Crippen molar-refractivity contribution in [1.82, 2.24) is 9.13 Å². The van der Waals surface area contributed by atoms with Gasteiger partial charge in [0.2, 0.25) is 0 Å². The van der Waals surface area contributed by atoms with E-state index in [0.29, 0.717) is 0 Å². The van der Waals surface area contributed by atoms with Crippen molar-refractivity contribution in [3.8, 4) is 44.8 Å². The number of para-hydroxylation sites is 2. The van der Waals surface area contributed by atoms with E-state index in [2.05, 4.69) is 215 Å². The maximum atomic E-state index is 2.48. The van der Waals surface area contributed by atoms with Crippen LogP contribution in [0, 0.1) is 0 Å². The van der Waals surface area contributed by atoms with Gasteiger partial charge in [-0.3, -0.25) is 0 Å². The van der Waals surface area contributed by atoms with Crippen molar-refractivity contribution in [1.29, 1.82) is 0 Å². The molecule has 0 atom stereocenters. The van der Waals surface area contributed by atoms with Crippen molar-refractivity contribution in [2.45, 2.75) is 0 Å². The Balaban J connectivity index is 1.16. The Morgan fingerprint density at radius 2 is 0.685 bits per heavy atom. The average Bonchev–Trinajstić information content (AvgIpc) is 3.76. The molecule has 2 heteroatoms. The molecule has 0 saturated heterocycles. The van der Waals surface area contributed by atoms with Gasteiger partial charge in [-0.1, -0.05) is 146 Å². The minimum Gasteiger partial charge on any atom is -0.307 e. The Bertz CT molecular complexity index is 3110. The summed E-state index contributed by atoms with van der Waals surface area (Å²) in [6.45, 7) is 0. The third-order valence-corrected chi connectivity index (χ3v) is 11.0. The second kappa shape index (κ2) is 12.2. The maximum absolute atomic E-state index is 2.48. The molecule has 252 valence electrons. The number of nitrogens with zero attached hydrogens (tertiary/aromatic N) is 2. The molecule has 0 spiro atoms. The van der Waals surface area contributed by atoms with Gasteiger partial charge in [0.15, 0.2) is 0 Å². The molecule has 0 aliphatic carbocycles. The first-order valence-electron chi connectivity index (χ1n) is 18.6. The van der Waals surface area contributed by atoms with Gasteiger partial charge in [0, 0.05) is 32.9 Å². The SMILES string of the molecule is c1ccc(-c2cc(-c3ccccc3)cc(-c3ccc(-n4c5ccccc5c5ccc6c7cc8ccccc8cc7n(-c7ccccc7)c6c54)cc3)c2)cc1. The van der Waals surface area contributed by atoms with Crippen LogP contribution in [0.3, 0.4) is 0 Å². The summed E-state index contributed by atoms with van der Waals surface area (Å²) in [5.41, 5.74) is 14.3. The molecule has 0 fully saturated rings. The zero-order chi connectivity index (χ0) is 35.6. The zero-order valence-electron chi connectivity index (χ0n) is 29.5. The van der Waals surface area contributed by atoms with Crippen LogP contribution >= 0.6 is 0 Å². The summed E-state index contributed by atoms with van der Waals surface area (Å²) in [5, 5.41) is 7.49. The average molecular weight is 687 g/mol. The van der Waals surface area contributed by atoms with Gasteiger partial charge in [0.25, 0.3) is 0 Å². The summed E-state index contributed by atoms with van der Waals surface area (Å²) in [6.07, 6.45) is 0. The highest BCUT2D eigenvalue weighted by atomic mass is 15.0. The highest BCUT2D eigenvalue weighted by molar-refractivity contribution is 6.25. The van der Waals surface area contributed by atoms with E-state index in [-0.39, 0.29) is 0 Å². The second-order valence-corrected chi connectivity index (χ2v) is 14.2. The van der Waals surface area contributed by atoms with Gasteiger partial charge in [0.1, 0.15) is 0 Å². The summed E-state index contributed by atoms with van der Waals surface area (Å²) >= 11 is 0. The van der Waals surface area contributed by atoms with E-state index in [1.807, 2.05) is 0 Å². The summed E-state index contributed by atoms with van der Waals surface area (Å²) in [5.74, 6) is 0. The molecule has 0 unspecified atom stereocenters. The predicted octanol–water partition coefficient (Wildman–Crippen LogP) is 14.0. The number of hydrogen-bond acceptors (Lipinski definition) is 0. The molecule has 2 aromatic heterocycles. The van der Waals surface area contributed by atoms with Crippen LogP contribution in [-0.2, 0) is 0 Å². The summed E-state index contributed by atoms with van der Waals surface area (Å²) in [6, 6.07) is 75.2. The van der Waals surface area contributed by atoms with Gasteiger partial charge >= 0.3 is 0 Å². The lowest BCUT2D eigenvalue weighted by Gasteiger charge is -2.14. The van der Waals surface area contributed by atoms with Crippen LogP contribution in [0.5, 0.6) is 0 Å². The highest BCUT2D eigenvalue weighted by Gasteiger charge is 2.21. The molecule has 0 amide bonds. The van der Waals surface area contributed by atoms with Crippen molar-refractivity contribution in [2.24, 2.45) is 0 Å². The van der Waals surface area contributed by atoms with Crippen LogP contribution in [0.4, 0.5) is 0 Å². The van der Waals surface area contributed by atoms with Crippen molar-refractivity contribution >= 4 is 54.4 Å². The Kier molecular flexibility index (Phi) is 6.90. The molecule has 9 aromatic carbocycles. The standard InChI is InChI=1S/C52H34N2/c1-4-14-35(15-5-1)40-30-41(36-16-6-2-7-17-36)32-42(31-40)37-24-26-44(27-25-37)53-49-23-13-12-22-45(49)46-28-29-47-48-33-38-18-10-11-19-39(38)34-50(48)54(52(47)51(46)53)43-20-8-3-9-21-43/h1-34H. The van der Waals surface area contributed by atoms with E-state index >= 15 is 0 Å². The minimum atomic E-state index is 1.13. The summed E-state index contributed by atoms with van der Waals surface area (Å²) in [7, 11) is 0. The van der Waals surface area contributed by atoms with Crippen LogP contribution in [0.25, 0.3) is 99.1 Å². The molecule has 0 saturated carbocycles. The number of rotatable bonds is 5. The first-order valence-corrected chi connectivity index (χ1v) is 18.6. The molecule has 0 aliphatic heterocycles. The van der Waals surface area contributed by atoms with E-state index in [1.165, 1.54) is 87.8 Å². The van der Waals surface area contributed by atoms with E-state index in [4.69, 9.17) is 0 Å². The van der Waals surface area contributed by atoms with E-state index < -0.39 is 0 Å². The minimum absolute atomic E-state index is 1.13. The van der Waals surface area contributed by atoms with Gasteiger partial charge in [0.05, 0.1) is 22.1 Å². The smallest absolute Gasteiger partial charge is 0.0788 e. The largest absolute Gasteiger partial charge is 0.307 e. The second-order valence-electron chi connectivity index (χ2n) is 14.2. The van der Waals surface area contributed by atoms with Crippen LogP contribution in [0.2, 0.25) is 0 Å². The monoisotopic (exact) mass is 686 g/mol. The molecule has 11 rings (SSSR count). The van der Waals surface area contributed by atoms with Crippen molar-refractivity contribution < 1.29 is 0 Å². The van der Waals surface area contributed by atoms with Crippen LogP contribution < -0.4 is 0 Å². The lowest BCUT2D eigenvalue weighted by atomic mass is 9.93. The van der Waals surface area contributed by atoms with Gasteiger partial charge < -0.3 is 9.13 Å². The number of aromatic nitrogens is 2. The van der Waals surface area contributed by atoms with Gasteiger partial charge in [-0.2, -0.15) is 0 Å². The lowest BCUT2D eigenvalue weighted by molar-refractivity contribution is 1.15. The summed E-state index contributed by atoms with van der Waals surface area (Å²) in [4.78, 5) is 0. The van der Waals surface area contributed by atoms with Crippen molar-refractivity contribution in [2.75, 3.05) is 0 Å². The molecular weight excluding hydrogens is 653 g/mol. The molecule has 2 heterocycles. The summed E-state index contributed by atoms with van der Waals surface area (Å²) < 4.78 is 4.95. The van der Waals surface area contributed by atoms with E-state index in [1.54, 1.807) is 0 Å². The first-order chi connectivity index (χ1) is 26.8. The Hall–Kier alpha value is -7.16. The normalized spacial score (nSPS) is 11.7. The molecule has 54 heavy (non-hydrogen) atoms. The van der Waals surface area contributed by atoms with Crippen LogP contribution in [0.15, 0.2) is 206 Å². The fourth-order valence-corrected chi connectivity index (χ4v) is 8.54. The molecule has 0 radical (unpaired) electrons. The van der Waals surface area contributed by atoms with Gasteiger partial charge in [-0.25, -0.2) is 0 Å².